The van der Waals surface area contributed by atoms with Gasteiger partial charge in [-0.3, -0.25) is 0 Å². The number of para-hydroxylation sites is 1. The van der Waals surface area contributed by atoms with Gasteiger partial charge in [0.05, 0.1) is 13.2 Å². The lowest BCUT2D eigenvalue weighted by Crippen LogP contribution is -2.50. The van der Waals surface area contributed by atoms with E-state index in [2.05, 4.69) is 12.2 Å². The van der Waals surface area contributed by atoms with Gasteiger partial charge in [-0.25, -0.2) is 9.59 Å². The normalized spacial score (nSPS) is 18.3. The Kier molecular flexibility index (Phi) is 5.16. The summed E-state index contributed by atoms with van der Waals surface area (Å²) in [4.78, 5) is 24.7. The summed E-state index contributed by atoms with van der Waals surface area (Å²) in [5.74, 6) is -1.04. The average molecular weight is 292 g/mol. The van der Waals surface area contributed by atoms with E-state index in [0.29, 0.717) is 6.54 Å². The molecule has 0 aliphatic carbocycles. The maximum atomic E-state index is 12.3. The second-order valence-corrected chi connectivity index (χ2v) is 4.98. The summed E-state index contributed by atoms with van der Waals surface area (Å²) in [5, 5.41) is 11.8. The third-order valence-electron chi connectivity index (χ3n) is 3.41. The summed E-state index contributed by atoms with van der Waals surface area (Å²) >= 11 is 0. The lowest BCUT2D eigenvalue weighted by Gasteiger charge is -2.31. The number of carbonyl (C=O) groups is 2. The van der Waals surface area contributed by atoms with Crippen LogP contribution >= 0.6 is 0 Å². The van der Waals surface area contributed by atoms with Crippen molar-refractivity contribution in [2.75, 3.05) is 25.0 Å². The number of morpholine rings is 1. The third kappa shape index (κ3) is 3.95. The van der Waals surface area contributed by atoms with Gasteiger partial charge in [0.25, 0.3) is 0 Å². The molecular formula is C15H20N2O4. The van der Waals surface area contributed by atoms with Gasteiger partial charge in [0.15, 0.2) is 6.10 Å². The highest BCUT2D eigenvalue weighted by atomic mass is 16.5. The van der Waals surface area contributed by atoms with Gasteiger partial charge in [-0.1, -0.05) is 31.5 Å². The average Bonchev–Trinajstić information content (AvgIpc) is 2.49. The van der Waals surface area contributed by atoms with Crippen molar-refractivity contribution in [1.29, 1.82) is 0 Å². The number of carbonyl (C=O) groups excluding carboxylic acids is 1. The van der Waals surface area contributed by atoms with E-state index in [-0.39, 0.29) is 19.2 Å². The maximum absolute atomic E-state index is 12.3. The molecule has 6 nitrogen and oxygen atoms in total. The molecule has 2 rings (SSSR count). The van der Waals surface area contributed by atoms with Crippen LogP contribution in [-0.4, -0.2) is 47.8 Å². The van der Waals surface area contributed by atoms with E-state index in [1.807, 2.05) is 24.3 Å². The van der Waals surface area contributed by atoms with Crippen LogP contribution in [0, 0.1) is 0 Å². The number of aliphatic carboxylic acids is 1. The number of hydrogen-bond acceptors (Lipinski definition) is 3. The first-order valence-electron chi connectivity index (χ1n) is 7.10. The number of aryl methyl sites for hydroxylation is 1. The number of nitrogens with zero attached hydrogens (tertiary/aromatic N) is 1. The number of amides is 2. The summed E-state index contributed by atoms with van der Waals surface area (Å²) in [6, 6.07) is 7.37. The van der Waals surface area contributed by atoms with Gasteiger partial charge < -0.3 is 20.1 Å². The number of ether oxygens (including phenoxy) is 1. The van der Waals surface area contributed by atoms with Gasteiger partial charge in [-0.2, -0.15) is 0 Å². The van der Waals surface area contributed by atoms with Crippen molar-refractivity contribution < 1.29 is 19.4 Å². The second kappa shape index (κ2) is 7.08. The Morgan fingerprint density at radius 1 is 1.43 bits per heavy atom. The molecule has 114 valence electrons. The fraction of sp³-hybridized carbons (Fsp3) is 0.467. The van der Waals surface area contributed by atoms with Gasteiger partial charge in [0.2, 0.25) is 0 Å². The highest BCUT2D eigenvalue weighted by molar-refractivity contribution is 5.90. The van der Waals surface area contributed by atoms with E-state index in [1.54, 1.807) is 0 Å². The maximum Gasteiger partial charge on any atom is 0.334 e. The molecular weight excluding hydrogens is 272 g/mol. The van der Waals surface area contributed by atoms with Gasteiger partial charge in [0.1, 0.15) is 0 Å². The number of rotatable bonds is 4. The monoisotopic (exact) mass is 292 g/mol. The summed E-state index contributed by atoms with van der Waals surface area (Å²) in [7, 11) is 0. The zero-order chi connectivity index (χ0) is 15.2. The summed E-state index contributed by atoms with van der Waals surface area (Å²) in [6.45, 7) is 2.78. The molecule has 21 heavy (non-hydrogen) atoms. The fourth-order valence-electron chi connectivity index (χ4n) is 2.31. The highest BCUT2D eigenvalue weighted by Crippen LogP contribution is 2.18. The number of hydrogen-bond donors (Lipinski definition) is 2. The quantitative estimate of drug-likeness (QED) is 0.889. The zero-order valence-corrected chi connectivity index (χ0v) is 12.0. The van der Waals surface area contributed by atoms with Gasteiger partial charge >= 0.3 is 12.0 Å². The minimum atomic E-state index is -1.04. The molecule has 0 aromatic heterocycles. The number of anilines is 1. The van der Waals surface area contributed by atoms with Crippen LogP contribution in [0.15, 0.2) is 24.3 Å². The fourth-order valence-corrected chi connectivity index (χ4v) is 2.31. The summed E-state index contributed by atoms with van der Waals surface area (Å²) in [6.07, 6.45) is 0.929. The number of benzene rings is 1. The second-order valence-electron chi connectivity index (χ2n) is 4.98. The van der Waals surface area contributed by atoms with Crippen molar-refractivity contribution in [2.45, 2.75) is 25.9 Å². The highest BCUT2D eigenvalue weighted by Gasteiger charge is 2.29. The van der Waals surface area contributed by atoms with Crippen LogP contribution in [0.2, 0.25) is 0 Å². The van der Waals surface area contributed by atoms with E-state index in [4.69, 9.17) is 9.84 Å². The molecule has 1 fully saturated rings. The number of nitrogens with one attached hydrogen (secondary N) is 1. The molecule has 2 N–H and O–H groups in total. The Hall–Kier alpha value is -2.08. The Balaban J connectivity index is 2.02. The van der Waals surface area contributed by atoms with Crippen molar-refractivity contribution in [3.8, 4) is 0 Å². The molecule has 0 radical (unpaired) electrons. The van der Waals surface area contributed by atoms with E-state index in [0.717, 1.165) is 24.1 Å². The SMILES string of the molecule is CCCc1ccccc1NC(=O)N1CCOC(C(=O)O)C1. The van der Waals surface area contributed by atoms with Crippen molar-refractivity contribution >= 4 is 17.7 Å². The Morgan fingerprint density at radius 3 is 2.90 bits per heavy atom. The molecule has 0 bridgehead atoms. The molecule has 1 aromatic rings. The van der Waals surface area contributed by atoms with Crippen LogP contribution in [0.25, 0.3) is 0 Å². The molecule has 1 saturated heterocycles. The Labute approximate surface area is 123 Å². The van der Waals surface area contributed by atoms with E-state index >= 15 is 0 Å². The first-order valence-corrected chi connectivity index (χ1v) is 7.10. The van der Waals surface area contributed by atoms with Crippen LogP contribution in [-0.2, 0) is 16.0 Å². The van der Waals surface area contributed by atoms with Crippen LogP contribution in [0.3, 0.4) is 0 Å². The lowest BCUT2D eigenvalue weighted by molar-refractivity contribution is -0.154. The molecule has 1 aromatic carbocycles. The largest absolute Gasteiger partial charge is 0.479 e. The first-order chi connectivity index (χ1) is 10.1. The van der Waals surface area contributed by atoms with Crippen LogP contribution < -0.4 is 5.32 Å². The lowest BCUT2D eigenvalue weighted by atomic mass is 10.1. The van der Waals surface area contributed by atoms with Crippen molar-refractivity contribution in [3.63, 3.8) is 0 Å². The molecule has 2 amide bonds. The van der Waals surface area contributed by atoms with E-state index < -0.39 is 12.1 Å². The van der Waals surface area contributed by atoms with E-state index in [9.17, 15) is 9.59 Å². The number of carboxylic acid groups (broad SMARTS) is 1. The van der Waals surface area contributed by atoms with Crippen molar-refractivity contribution in [2.24, 2.45) is 0 Å². The topological polar surface area (TPSA) is 78.9 Å². The molecule has 1 aliphatic heterocycles. The molecule has 6 heteroatoms. The smallest absolute Gasteiger partial charge is 0.334 e. The van der Waals surface area contributed by atoms with Crippen molar-refractivity contribution in [1.82, 2.24) is 4.90 Å². The Morgan fingerprint density at radius 2 is 2.19 bits per heavy atom. The molecule has 0 saturated carbocycles. The predicted octanol–water partition coefficient (Wildman–Crippen LogP) is 1.96. The first kappa shape index (κ1) is 15.3. The van der Waals surface area contributed by atoms with Gasteiger partial charge in [0, 0.05) is 12.2 Å². The minimum Gasteiger partial charge on any atom is -0.479 e. The van der Waals surface area contributed by atoms with Gasteiger partial charge in [-0.15, -0.1) is 0 Å². The number of urea groups is 1. The zero-order valence-electron chi connectivity index (χ0n) is 12.0. The predicted molar refractivity (Wildman–Crippen MR) is 78.4 cm³/mol. The van der Waals surface area contributed by atoms with Crippen LogP contribution in [0.5, 0.6) is 0 Å². The Bertz CT molecular complexity index is 518. The van der Waals surface area contributed by atoms with E-state index in [1.165, 1.54) is 4.90 Å². The van der Waals surface area contributed by atoms with Crippen LogP contribution in [0.4, 0.5) is 10.5 Å². The molecule has 0 spiro atoms. The molecule has 1 heterocycles. The standard InChI is InChI=1S/C15H20N2O4/c1-2-5-11-6-3-4-7-12(11)16-15(20)17-8-9-21-13(10-17)14(18)19/h3-4,6-7,13H,2,5,8-10H2,1H3,(H,16,20)(H,18,19). The van der Waals surface area contributed by atoms with Crippen LogP contribution in [0.1, 0.15) is 18.9 Å². The minimum absolute atomic E-state index is 0.0666. The third-order valence-corrected chi connectivity index (χ3v) is 3.41. The molecule has 1 unspecified atom stereocenters. The van der Waals surface area contributed by atoms with Gasteiger partial charge in [-0.05, 0) is 18.1 Å². The molecule has 1 aliphatic rings. The summed E-state index contributed by atoms with van der Waals surface area (Å²) in [5.41, 5.74) is 1.86. The van der Waals surface area contributed by atoms with Crippen molar-refractivity contribution in [3.05, 3.63) is 29.8 Å². The molecule has 1 atom stereocenters. The number of carboxylic acids is 1. The summed E-state index contributed by atoms with van der Waals surface area (Å²) < 4.78 is 5.11.